The zero-order valence-electron chi connectivity index (χ0n) is 27.1. The molecule has 0 fully saturated rings. The van der Waals surface area contributed by atoms with Crippen molar-refractivity contribution in [2.75, 3.05) is 31.7 Å². The van der Waals surface area contributed by atoms with Gasteiger partial charge in [-0.15, -0.1) is 20.3 Å². The van der Waals surface area contributed by atoms with Crippen LogP contribution < -0.4 is 18.9 Å². The number of H-pyrrole nitrogens is 1. The predicted octanol–water partition coefficient (Wildman–Crippen LogP) is 3.32. The first-order valence-electron chi connectivity index (χ1n) is 15.1. The molecule has 4 heterocycles. The van der Waals surface area contributed by atoms with Gasteiger partial charge < -0.3 is 23.8 Å². The monoisotopic (exact) mass is 722 g/mol. The molecule has 5 aromatic rings. The summed E-state index contributed by atoms with van der Waals surface area (Å²) in [5.41, 5.74) is 1.41. The molecule has 266 valence electrons. The van der Waals surface area contributed by atoms with Gasteiger partial charge in [0.15, 0.2) is 28.2 Å². The predicted molar refractivity (Wildman–Crippen MR) is 175 cm³/mol. The number of carbonyl (C=O) groups excluding carboxylic acids is 1. The number of nitrogens with zero attached hydrogens (tertiary/aromatic N) is 8. The van der Waals surface area contributed by atoms with Crippen LogP contribution in [0.25, 0.3) is 22.9 Å². The molecule has 21 heteroatoms. The number of hydrogen-bond donors (Lipinski definition) is 2. The number of carbonyl (C=O) groups is 1. The third-order valence-electron chi connectivity index (χ3n) is 6.66. The number of esters is 1. The standard InChI is InChI=1S/C30H30N10O10S/c1-19-10-11-24(32-18-19)51(44,45)37-29-26(50-23-8-4-3-7-22(23)46-2)30(48-16-15-47-25(41)9-5-6-14-49-40(42)43)34-27(33-29)20-12-13-31-21(17-20)28-35-38-39-36-28/h3-4,7-8,10-13,17-18H,5-6,9,14-16H2,1-2H3,(H,33,34,37)(H,35,36,38,39). The molecule has 0 aliphatic heterocycles. The molecule has 5 rings (SSSR count). The zero-order chi connectivity index (χ0) is 36.2. The Balaban J connectivity index is 1.50. The highest BCUT2D eigenvalue weighted by Gasteiger charge is 2.26. The maximum absolute atomic E-state index is 13.6. The van der Waals surface area contributed by atoms with E-state index in [0.717, 1.165) is 5.56 Å². The molecule has 0 spiro atoms. The van der Waals surface area contributed by atoms with Gasteiger partial charge in [-0.2, -0.15) is 18.6 Å². The Kier molecular flexibility index (Phi) is 11.7. The smallest absolute Gasteiger partial charge is 0.305 e. The fourth-order valence-corrected chi connectivity index (χ4v) is 5.20. The van der Waals surface area contributed by atoms with Crippen LogP contribution in [-0.2, 0) is 24.4 Å². The van der Waals surface area contributed by atoms with Gasteiger partial charge in [0.25, 0.3) is 21.0 Å². The summed E-state index contributed by atoms with van der Waals surface area (Å²) in [7, 11) is -2.92. The van der Waals surface area contributed by atoms with Crippen molar-refractivity contribution in [3.63, 3.8) is 0 Å². The van der Waals surface area contributed by atoms with Gasteiger partial charge in [-0.25, -0.2) is 9.97 Å². The lowest BCUT2D eigenvalue weighted by molar-refractivity contribution is -0.757. The van der Waals surface area contributed by atoms with E-state index in [1.807, 2.05) is 0 Å². The van der Waals surface area contributed by atoms with E-state index >= 15 is 0 Å². The largest absolute Gasteiger partial charge is 0.493 e. The molecule has 51 heavy (non-hydrogen) atoms. The molecule has 20 nitrogen and oxygen atoms in total. The van der Waals surface area contributed by atoms with E-state index in [9.17, 15) is 23.3 Å². The highest BCUT2D eigenvalue weighted by atomic mass is 32.2. The second-order valence-electron chi connectivity index (χ2n) is 10.3. The number of sulfonamides is 1. The maximum atomic E-state index is 13.6. The first-order valence-corrected chi connectivity index (χ1v) is 16.6. The van der Waals surface area contributed by atoms with Crippen LogP contribution >= 0.6 is 0 Å². The van der Waals surface area contributed by atoms with Crippen LogP contribution in [0.1, 0.15) is 24.8 Å². The number of aryl methyl sites for hydroxylation is 1. The van der Waals surface area contributed by atoms with Crippen molar-refractivity contribution in [1.82, 2.24) is 40.6 Å². The minimum absolute atomic E-state index is 0.00931. The number of para-hydroxylation sites is 2. The van der Waals surface area contributed by atoms with Gasteiger partial charge in [0.1, 0.15) is 18.9 Å². The summed E-state index contributed by atoms with van der Waals surface area (Å²) in [6.07, 6.45) is 3.42. The van der Waals surface area contributed by atoms with Crippen LogP contribution in [0.3, 0.4) is 0 Å². The molecule has 0 aliphatic rings. The second kappa shape index (κ2) is 16.7. The van der Waals surface area contributed by atoms with E-state index in [0.29, 0.717) is 23.4 Å². The zero-order valence-corrected chi connectivity index (χ0v) is 27.9. The van der Waals surface area contributed by atoms with Crippen molar-refractivity contribution >= 4 is 21.8 Å². The first kappa shape index (κ1) is 35.8. The lowest BCUT2D eigenvalue weighted by atomic mass is 10.2. The van der Waals surface area contributed by atoms with Gasteiger partial charge in [-0.3, -0.25) is 14.5 Å². The molecule has 0 unspecified atom stereocenters. The minimum atomic E-state index is -4.35. The topological polar surface area (TPSA) is 259 Å². The normalized spacial score (nSPS) is 11.0. The highest BCUT2D eigenvalue weighted by Crippen LogP contribution is 2.41. The first-order chi connectivity index (χ1) is 24.6. The molecule has 0 bridgehead atoms. The van der Waals surface area contributed by atoms with Crippen molar-refractivity contribution in [1.29, 1.82) is 0 Å². The van der Waals surface area contributed by atoms with E-state index < -0.39 is 21.1 Å². The summed E-state index contributed by atoms with van der Waals surface area (Å²) < 4.78 is 52.5. The Bertz CT molecular complexity index is 2070. The van der Waals surface area contributed by atoms with E-state index in [2.05, 4.69) is 50.1 Å². The maximum Gasteiger partial charge on any atom is 0.305 e. The summed E-state index contributed by atoms with van der Waals surface area (Å²) in [6, 6.07) is 12.6. The van der Waals surface area contributed by atoms with Crippen molar-refractivity contribution < 1.29 is 42.1 Å². The van der Waals surface area contributed by atoms with E-state index in [-0.39, 0.29) is 72.5 Å². The average molecular weight is 723 g/mol. The molecule has 0 atom stereocenters. The van der Waals surface area contributed by atoms with Gasteiger partial charge in [0, 0.05) is 24.4 Å². The third-order valence-corrected chi connectivity index (χ3v) is 7.91. The van der Waals surface area contributed by atoms with E-state index in [1.165, 1.54) is 25.6 Å². The number of pyridine rings is 2. The minimum Gasteiger partial charge on any atom is -0.493 e. The van der Waals surface area contributed by atoms with Crippen LogP contribution in [0.15, 0.2) is 66.0 Å². The van der Waals surface area contributed by atoms with E-state index in [4.69, 9.17) is 18.9 Å². The molecule has 1 aromatic carbocycles. The lowest BCUT2D eigenvalue weighted by Gasteiger charge is -2.18. The van der Waals surface area contributed by atoms with Crippen LogP contribution in [0.4, 0.5) is 5.82 Å². The van der Waals surface area contributed by atoms with Crippen LogP contribution in [0, 0.1) is 17.0 Å². The molecular formula is C30H30N10O10S. The molecule has 0 saturated heterocycles. The number of methoxy groups -OCH3 is 1. The fraction of sp³-hybridized carbons (Fsp3) is 0.267. The second-order valence-corrected chi connectivity index (χ2v) is 11.9. The van der Waals surface area contributed by atoms with Crippen molar-refractivity contribution in [3.05, 3.63) is 76.6 Å². The van der Waals surface area contributed by atoms with Crippen molar-refractivity contribution in [2.45, 2.75) is 31.2 Å². The molecule has 2 N–H and O–H groups in total. The van der Waals surface area contributed by atoms with Crippen molar-refractivity contribution in [3.8, 4) is 46.0 Å². The summed E-state index contributed by atoms with van der Waals surface area (Å²) in [6.45, 7) is 1.14. The lowest BCUT2D eigenvalue weighted by Crippen LogP contribution is -2.18. The van der Waals surface area contributed by atoms with Crippen LogP contribution in [0.5, 0.6) is 23.1 Å². The quantitative estimate of drug-likeness (QED) is 0.0569. The summed E-state index contributed by atoms with van der Waals surface area (Å²) in [4.78, 5) is 44.1. The number of hydrogen-bond acceptors (Lipinski definition) is 17. The fourth-order valence-electron chi connectivity index (χ4n) is 4.26. The molecule has 0 aliphatic carbocycles. The number of ether oxygens (including phenoxy) is 4. The number of unbranched alkanes of at least 4 members (excludes halogenated alkanes) is 1. The van der Waals surface area contributed by atoms with Gasteiger partial charge in [0.2, 0.25) is 11.6 Å². The van der Waals surface area contributed by atoms with Crippen molar-refractivity contribution in [2.24, 2.45) is 0 Å². The van der Waals surface area contributed by atoms with Gasteiger partial charge >= 0.3 is 5.97 Å². The average Bonchev–Trinajstić information content (AvgIpc) is 3.67. The third kappa shape index (κ3) is 9.78. The Morgan fingerprint density at radius 3 is 2.55 bits per heavy atom. The SMILES string of the molecule is COc1ccccc1Oc1c(NS(=O)(=O)c2ccc(C)cn2)nc(-c2ccnc(-c3nn[nH]n3)c2)nc1OCCOC(=O)CCCCO[N+](=O)[O-]. The number of aromatic nitrogens is 8. The number of nitrogens with one attached hydrogen (secondary N) is 2. The number of tetrazole rings is 1. The van der Waals surface area contributed by atoms with Gasteiger partial charge in [0.05, 0.1) is 13.7 Å². The Labute approximate surface area is 289 Å². The highest BCUT2D eigenvalue weighted by molar-refractivity contribution is 7.92. The number of benzene rings is 1. The van der Waals surface area contributed by atoms with Crippen LogP contribution in [-0.4, -0.2) is 87.0 Å². The molecule has 0 saturated carbocycles. The summed E-state index contributed by atoms with van der Waals surface area (Å²) in [5, 5.41) is 22.9. The Hall–Kier alpha value is -6.51. The summed E-state index contributed by atoms with van der Waals surface area (Å²) >= 11 is 0. The van der Waals surface area contributed by atoms with Crippen LogP contribution in [0.2, 0.25) is 0 Å². The molecule has 0 amide bonds. The van der Waals surface area contributed by atoms with E-state index in [1.54, 1.807) is 49.4 Å². The number of aromatic amines is 1. The molecule has 0 radical (unpaired) electrons. The van der Waals surface area contributed by atoms with Gasteiger partial charge in [-0.1, -0.05) is 18.2 Å². The summed E-state index contributed by atoms with van der Waals surface area (Å²) in [5.74, 6) is -0.733. The van der Waals surface area contributed by atoms with Gasteiger partial charge in [-0.05, 0) is 60.9 Å². The Morgan fingerprint density at radius 2 is 1.82 bits per heavy atom. The number of rotatable bonds is 18. The molecular weight excluding hydrogens is 692 g/mol. The Morgan fingerprint density at radius 1 is 1.00 bits per heavy atom. The number of anilines is 1. The molecule has 4 aromatic heterocycles.